The quantitative estimate of drug-likeness (QED) is 0.887. The molecule has 0 bridgehead atoms. The van der Waals surface area contributed by atoms with Crippen molar-refractivity contribution in [3.8, 4) is 0 Å². The van der Waals surface area contributed by atoms with Crippen LogP contribution in [0.5, 0.6) is 0 Å². The van der Waals surface area contributed by atoms with Crippen molar-refractivity contribution in [2.24, 2.45) is 5.92 Å². The molecule has 1 aliphatic rings. The van der Waals surface area contributed by atoms with Gasteiger partial charge in [-0.05, 0) is 31.2 Å². The van der Waals surface area contributed by atoms with E-state index in [1.54, 1.807) is 0 Å². The van der Waals surface area contributed by atoms with Crippen LogP contribution in [-0.2, 0) is 10.0 Å². The molecule has 18 heavy (non-hydrogen) atoms. The van der Waals surface area contributed by atoms with Crippen LogP contribution in [0.15, 0.2) is 15.7 Å². The average molecular weight is 289 g/mol. The van der Waals surface area contributed by atoms with Crippen molar-refractivity contribution in [2.45, 2.75) is 36.4 Å². The number of nitrogens with one attached hydrogen (secondary N) is 1. The minimum atomic E-state index is -3.57. The number of hydrogen-bond acceptors (Lipinski definition) is 4. The number of carboxylic acid groups (broad SMARTS) is 1. The molecule has 0 aromatic carbocycles. The number of rotatable bonds is 4. The summed E-state index contributed by atoms with van der Waals surface area (Å²) in [7, 11) is -3.57. The van der Waals surface area contributed by atoms with Crippen molar-refractivity contribution >= 4 is 27.3 Å². The van der Waals surface area contributed by atoms with Crippen LogP contribution in [-0.4, -0.2) is 25.5 Å². The third kappa shape index (κ3) is 2.90. The third-order valence-electron chi connectivity index (χ3n) is 3.10. The molecule has 2 N–H and O–H groups in total. The zero-order chi connectivity index (χ0) is 13.3. The fourth-order valence-corrected chi connectivity index (χ4v) is 4.61. The molecule has 7 heteroatoms. The lowest BCUT2D eigenvalue weighted by Gasteiger charge is -2.11. The maximum Gasteiger partial charge on any atom is 0.336 e. The van der Waals surface area contributed by atoms with Crippen LogP contribution >= 0.6 is 11.3 Å². The molecule has 0 spiro atoms. The highest BCUT2D eigenvalue weighted by Gasteiger charge is 2.27. The smallest absolute Gasteiger partial charge is 0.336 e. The molecule has 0 aliphatic heterocycles. The Bertz CT molecular complexity index is 549. The second-order valence-electron chi connectivity index (χ2n) is 4.70. The monoisotopic (exact) mass is 289 g/mol. The van der Waals surface area contributed by atoms with Crippen LogP contribution in [0.2, 0.25) is 0 Å². The topological polar surface area (TPSA) is 83.5 Å². The van der Waals surface area contributed by atoms with E-state index < -0.39 is 16.0 Å². The number of carbonyl (C=O) groups is 1. The summed E-state index contributed by atoms with van der Waals surface area (Å²) in [5.41, 5.74) is 0.0140. The first-order valence-electron chi connectivity index (χ1n) is 5.72. The first-order valence-corrected chi connectivity index (χ1v) is 8.09. The fourth-order valence-electron chi connectivity index (χ4n) is 2.16. The predicted molar refractivity (Wildman–Crippen MR) is 68.4 cm³/mol. The Kier molecular flexibility index (Phi) is 3.74. The first kappa shape index (κ1) is 13.5. The molecule has 0 amide bonds. The van der Waals surface area contributed by atoms with E-state index in [2.05, 4.69) is 11.6 Å². The Balaban J connectivity index is 2.12. The van der Waals surface area contributed by atoms with Gasteiger partial charge in [0.05, 0.1) is 5.56 Å². The van der Waals surface area contributed by atoms with Crippen molar-refractivity contribution in [1.82, 2.24) is 4.72 Å². The number of hydrogen-bond donors (Lipinski definition) is 2. The van der Waals surface area contributed by atoms with Gasteiger partial charge in [0.25, 0.3) is 0 Å². The summed E-state index contributed by atoms with van der Waals surface area (Å²) in [4.78, 5) is 10.7. The number of carboxylic acids is 1. The standard InChI is InChI=1S/C11H15NO4S2/c1-7-2-3-9(4-7)12-18(15,16)10-5-8(6-17-10)11(13)14/h5-7,9,12H,2-4H2,1H3,(H,13,14). The average Bonchev–Trinajstić information content (AvgIpc) is 2.86. The van der Waals surface area contributed by atoms with E-state index in [1.165, 1.54) is 11.4 Å². The van der Waals surface area contributed by atoms with E-state index in [0.717, 1.165) is 30.6 Å². The maximum atomic E-state index is 12.0. The molecule has 1 heterocycles. The summed E-state index contributed by atoms with van der Waals surface area (Å²) in [6, 6.07) is 1.17. The van der Waals surface area contributed by atoms with Gasteiger partial charge in [-0.2, -0.15) is 0 Å². The normalized spacial score (nSPS) is 24.3. The summed E-state index contributed by atoms with van der Waals surface area (Å²) in [6.07, 6.45) is 2.71. The molecule has 1 saturated carbocycles. The lowest BCUT2D eigenvalue weighted by atomic mass is 10.1. The van der Waals surface area contributed by atoms with Crippen LogP contribution in [0.1, 0.15) is 36.5 Å². The van der Waals surface area contributed by atoms with Crippen LogP contribution in [0.25, 0.3) is 0 Å². The highest BCUT2D eigenvalue weighted by atomic mass is 32.2. The second kappa shape index (κ2) is 4.99. The molecule has 1 fully saturated rings. The van der Waals surface area contributed by atoms with Gasteiger partial charge in [-0.15, -0.1) is 11.3 Å². The van der Waals surface area contributed by atoms with Crippen LogP contribution in [0, 0.1) is 5.92 Å². The maximum absolute atomic E-state index is 12.0. The first-order chi connectivity index (χ1) is 8.38. The van der Waals surface area contributed by atoms with Gasteiger partial charge in [0.15, 0.2) is 0 Å². The Labute approximate surface area is 110 Å². The molecule has 0 saturated heterocycles. The summed E-state index contributed by atoms with van der Waals surface area (Å²) in [5.74, 6) is -0.571. The highest BCUT2D eigenvalue weighted by Crippen LogP contribution is 2.27. The molecule has 2 rings (SSSR count). The lowest BCUT2D eigenvalue weighted by molar-refractivity contribution is 0.0697. The summed E-state index contributed by atoms with van der Waals surface area (Å²) in [6.45, 7) is 2.10. The predicted octanol–water partition coefficient (Wildman–Crippen LogP) is 1.91. The Morgan fingerprint density at radius 3 is 2.72 bits per heavy atom. The summed E-state index contributed by atoms with van der Waals surface area (Å²) in [5, 5.41) is 10.1. The molecular formula is C11H15NO4S2. The van der Waals surface area contributed by atoms with Gasteiger partial charge in [0.1, 0.15) is 4.21 Å². The van der Waals surface area contributed by atoms with Gasteiger partial charge in [-0.25, -0.2) is 17.9 Å². The van der Waals surface area contributed by atoms with E-state index in [0.29, 0.717) is 5.92 Å². The molecule has 100 valence electrons. The molecule has 0 radical (unpaired) electrons. The van der Waals surface area contributed by atoms with Crippen molar-refractivity contribution in [3.63, 3.8) is 0 Å². The molecule has 2 atom stereocenters. The zero-order valence-corrected chi connectivity index (χ0v) is 11.6. The van der Waals surface area contributed by atoms with Gasteiger partial charge in [0.2, 0.25) is 10.0 Å². The van der Waals surface area contributed by atoms with Gasteiger partial charge < -0.3 is 5.11 Å². The van der Waals surface area contributed by atoms with E-state index in [9.17, 15) is 13.2 Å². The Morgan fingerprint density at radius 1 is 1.50 bits per heavy atom. The van der Waals surface area contributed by atoms with Gasteiger partial charge in [-0.1, -0.05) is 6.92 Å². The molecule has 1 aromatic heterocycles. The van der Waals surface area contributed by atoms with Crippen LogP contribution < -0.4 is 4.72 Å². The number of thiophene rings is 1. The lowest BCUT2D eigenvalue weighted by Crippen LogP contribution is -2.32. The number of sulfonamides is 1. The van der Waals surface area contributed by atoms with Crippen molar-refractivity contribution < 1.29 is 18.3 Å². The third-order valence-corrected chi connectivity index (χ3v) is 6.06. The van der Waals surface area contributed by atoms with Gasteiger partial charge >= 0.3 is 5.97 Å². The van der Waals surface area contributed by atoms with E-state index in [4.69, 9.17) is 5.11 Å². The SMILES string of the molecule is CC1CCC(NS(=O)(=O)c2cc(C(=O)O)cs2)C1. The van der Waals surface area contributed by atoms with E-state index in [-0.39, 0.29) is 15.8 Å². The minimum Gasteiger partial charge on any atom is -0.478 e. The zero-order valence-electron chi connectivity index (χ0n) is 9.92. The van der Waals surface area contributed by atoms with Gasteiger partial charge in [-0.3, -0.25) is 0 Å². The highest BCUT2D eigenvalue weighted by molar-refractivity contribution is 7.91. The molecule has 1 aliphatic carbocycles. The minimum absolute atomic E-state index is 0.0140. The number of aromatic carboxylic acids is 1. The fraction of sp³-hybridized carbons (Fsp3) is 0.545. The van der Waals surface area contributed by atoms with E-state index in [1.807, 2.05) is 0 Å². The molecule has 2 unspecified atom stereocenters. The molecule has 1 aromatic rings. The van der Waals surface area contributed by atoms with Crippen molar-refractivity contribution in [3.05, 3.63) is 17.0 Å². The van der Waals surface area contributed by atoms with E-state index >= 15 is 0 Å². The summed E-state index contributed by atoms with van der Waals surface area (Å²) < 4.78 is 26.8. The van der Waals surface area contributed by atoms with Crippen LogP contribution in [0.3, 0.4) is 0 Å². The Morgan fingerprint density at radius 2 is 2.22 bits per heavy atom. The second-order valence-corrected chi connectivity index (χ2v) is 7.55. The van der Waals surface area contributed by atoms with Crippen molar-refractivity contribution in [1.29, 1.82) is 0 Å². The molecule has 5 nitrogen and oxygen atoms in total. The van der Waals surface area contributed by atoms with Crippen LogP contribution in [0.4, 0.5) is 0 Å². The largest absolute Gasteiger partial charge is 0.478 e. The summed E-state index contributed by atoms with van der Waals surface area (Å²) >= 11 is 0.938. The molecular weight excluding hydrogens is 274 g/mol. The van der Waals surface area contributed by atoms with Crippen molar-refractivity contribution in [2.75, 3.05) is 0 Å². The Hall–Kier alpha value is -0.920. The van der Waals surface area contributed by atoms with Gasteiger partial charge in [0, 0.05) is 11.4 Å².